The molecule has 2 aliphatic rings. The molecule has 1 aromatic carbocycles. The van der Waals surface area contributed by atoms with Crippen molar-refractivity contribution in [2.75, 3.05) is 59.6 Å². The monoisotopic (exact) mass is 417 g/mol. The fraction of sp³-hybridized carbons (Fsp3) is 0.652. The van der Waals surface area contributed by atoms with Gasteiger partial charge in [-0.25, -0.2) is 0 Å². The maximum Gasteiger partial charge on any atom is 0.224 e. The second-order valence-corrected chi connectivity index (χ2v) is 8.09. The lowest BCUT2D eigenvalue weighted by molar-refractivity contribution is -0.138. The van der Waals surface area contributed by atoms with E-state index in [0.717, 1.165) is 70.0 Å². The number of amides is 2. The number of hydrogen-bond donors (Lipinski definition) is 1. The number of piperidine rings is 1. The van der Waals surface area contributed by atoms with E-state index in [4.69, 9.17) is 9.47 Å². The molecule has 2 fully saturated rings. The molecule has 3 rings (SSSR count). The van der Waals surface area contributed by atoms with Crippen LogP contribution in [0.2, 0.25) is 0 Å². The number of carbonyl (C=O) groups is 2. The number of para-hydroxylation sites is 1. The molecule has 1 aromatic rings. The van der Waals surface area contributed by atoms with Gasteiger partial charge in [0.2, 0.25) is 11.8 Å². The van der Waals surface area contributed by atoms with Crippen molar-refractivity contribution in [2.24, 2.45) is 5.92 Å². The first kappa shape index (κ1) is 22.6. The lowest BCUT2D eigenvalue weighted by atomic mass is 9.96. The third kappa shape index (κ3) is 6.71. The van der Waals surface area contributed by atoms with E-state index in [2.05, 4.69) is 16.3 Å². The quantitative estimate of drug-likeness (QED) is 0.587. The van der Waals surface area contributed by atoms with Gasteiger partial charge in [-0.15, -0.1) is 0 Å². The molecular weight excluding hydrogens is 382 g/mol. The number of methoxy groups -OCH3 is 1. The topological polar surface area (TPSA) is 71.1 Å². The summed E-state index contributed by atoms with van der Waals surface area (Å²) >= 11 is 0. The zero-order valence-electron chi connectivity index (χ0n) is 18.1. The Morgan fingerprint density at radius 1 is 1.20 bits per heavy atom. The number of likely N-dealkylation sites (tertiary alicyclic amines) is 1. The number of hydrogen-bond acceptors (Lipinski definition) is 5. The molecular formula is C23H35N3O4. The van der Waals surface area contributed by atoms with Gasteiger partial charge in [0, 0.05) is 45.7 Å². The fourth-order valence-electron chi connectivity index (χ4n) is 4.20. The second-order valence-electron chi connectivity index (χ2n) is 8.09. The largest absolute Gasteiger partial charge is 0.496 e. The van der Waals surface area contributed by atoms with Crippen LogP contribution in [-0.2, 0) is 20.7 Å². The number of rotatable bonds is 10. The first-order chi connectivity index (χ1) is 14.7. The van der Waals surface area contributed by atoms with Crippen LogP contribution >= 0.6 is 0 Å². The number of benzene rings is 1. The van der Waals surface area contributed by atoms with Crippen molar-refractivity contribution in [1.82, 2.24) is 15.1 Å². The average Bonchev–Trinajstić information content (AvgIpc) is 2.78. The number of ether oxygens (including phenoxy) is 2. The smallest absolute Gasteiger partial charge is 0.224 e. The van der Waals surface area contributed by atoms with Crippen LogP contribution in [0.4, 0.5) is 0 Å². The molecule has 2 amide bonds. The minimum absolute atomic E-state index is 0.0701. The van der Waals surface area contributed by atoms with E-state index >= 15 is 0 Å². The van der Waals surface area contributed by atoms with Gasteiger partial charge in [-0.3, -0.25) is 14.5 Å². The van der Waals surface area contributed by atoms with Crippen LogP contribution in [0, 0.1) is 5.92 Å². The molecule has 7 heteroatoms. The summed E-state index contributed by atoms with van der Waals surface area (Å²) in [5.41, 5.74) is 1.16. The molecule has 0 aromatic heterocycles. The predicted octanol–water partition coefficient (Wildman–Crippen LogP) is 1.70. The van der Waals surface area contributed by atoms with Gasteiger partial charge >= 0.3 is 0 Å². The summed E-state index contributed by atoms with van der Waals surface area (Å²) in [6.07, 6.45) is 3.79. The molecule has 1 unspecified atom stereocenters. The summed E-state index contributed by atoms with van der Waals surface area (Å²) in [6, 6.07) is 7.98. The van der Waals surface area contributed by atoms with Crippen molar-refractivity contribution < 1.29 is 19.1 Å². The van der Waals surface area contributed by atoms with Crippen LogP contribution in [0.3, 0.4) is 0 Å². The Hall–Kier alpha value is -2.12. The van der Waals surface area contributed by atoms with E-state index < -0.39 is 0 Å². The summed E-state index contributed by atoms with van der Waals surface area (Å²) in [4.78, 5) is 29.1. The molecule has 2 saturated heterocycles. The Balaban J connectivity index is 1.36. The number of nitrogens with zero attached hydrogens (tertiary/aromatic N) is 2. The molecule has 166 valence electrons. The number of morpholine rings is 1. The van der Waals surface area contributed by atoms with Gasteiger partial charge in [-0.05, 0) is 37.3 Å². The van der Waals surface area contributed by atoms with Crippen molar-refractivity contribution in [1.29, 1.82) is 0 Å². The van der Waals surface area contributed by atoms with E-state index in [0.29, 0.717) is 25.9 Å². The lowest BCUT2D eigenvalue weighted by Crippen LogP contribution is -2.47. The van der Waals surface area contributed by atoms with Gasteiger partial charge in [-0.1, -0.05) is 18.2 Å². The molecule has 0 saturated carbocycles. The zero-order valence-corrected chi connectivity index (χ0v) is 18.1. The Bertz CT molecular complexity index is 691. The standard InChI is InChI=1S/C23H35N3O4/c1-29-21-8-3-2-6-19(21)7-4-11-24-23(28)20-9-10-22(27)26(18-20)13-5-12-25-14-16-30-17-15-25/h2-3,6,8,20H,4-5,7,9-18H2,1H3,(H,24,28). The van der Waals surface area contributed by atoms with Crippen molar-refractivity contribution in [3.05, 3.63) is 29.8 Å². The van der Waals surface area contributed by atoms with Crippen molar-refractivity contribution in [3.8, 4) is 5.75 Å². The Morgan fingerprint density at radius 3 is 2.80 bits per heavy atom. The van der Waals surface area contributed by atoms with Crippen LogP contribution in [0.25, 0.3) is 0 Å². The molecule has 7 nitrogen and oxygen atoms in total. The van der Waals surface area contributed by atoms with Crippen molar-refractivity contribution >= 4 is 11.8 Å². The predicted molar refractivity (Wildman–Crippen MR) is 116 cm³/mol. The minimum Gasteiger partial charge on any atom is -0.496 e. The van der Waals surface area contributed by atoms with E-state index in [1.54, 1.807) is 7.11 Å². The van der Waals surface area contributed by atoms with E-state index in [9.17, 15) is 9.59 Å². The number of carbonyl (C=O) groups excluding carboxylic acids is 2. The first-order valence-electron chi connectivity index (χ1n) is 11.1. The second kappa shape index (κ2) is 11.9. The highest BCUT2D eigenvalue weighted by Gasteiger charge is 2.29. The highest BCUT2D eigenvalue weighted by Crippen LogP contribution is 2.20. The van der Waals surface area contributed by atoms with E-state index in [-0.39, 0.29) is 17.7 Å². The van der Waals surface area contributed by atoms with Crippen LogP contribution in [0.1, 0.15) is 31.2 Å². The third-order valence-corrected chi connectivity index (χ3v) is 5.99. The van der Waals surface area contributed by atoms with Gasteiger partial charge in [0.15, 0.2) is 0 Å². The number of aryl methyl sites for hydroxylation is 1. The number of nitrogens with one attached hydrogen (secondary N) is 1. The van der Waals surface area contributed by atoms with Gasteiger partial charge in [0.25, 0.3) is 0 Å². The normalized spacial score (nSPS) is 20.2. The van der Waals surface area contributed by atoms with Crippen molar-refractivity contribution in [2.45, 2.75) is 32.1 Å². The molecule has 0 radical (unpaired) electrons. The Morgan fingerprint density at radius 2 is 2.00 bits per heavy atom. The van der Waals surface area contributed by atoms with E-state index in [1.165, 1.54) is 0 Å². The maximum absolute atomic E-state index is 12.6. The fourth-order valence-corrected chi connectivity index (χ4v) is 4.20. The third-order valence-electron chi connectivity index (χ3n) is 5.99. The first-order valence-corrected chi connectivity index (χ1v) is 11.1. The molecule has 2 heterocycles. The Labute approximate surface area is 179 Å². The van der Waals surface area contributed by atoms with Gasteiger partial charge in [0.05, 0.1) is 26.2 Å². The highest BCUT2D eigenvalue weighted by atomic mass is 16.5. The SMILES string of the molecule is COc1ccccc1CCCNC(=O)C1CCC(=O)N(CCCN2CCOCC2)C1. The molecule has 1 atom stereocenters. The highest BCUT2D eigenvalue weighted by molar-refractivity contribution is 5.83. The Kier molecular flexibility index (Phi) is 8.96. The molecule has 0 spiro atoms. The summed E-state index contributed by atoms with van der Waals surface area (Å²) in [5, 5.41) is 3.06. The maximum atomic E-state index is 12.6. The molecule has 0 aliphatic carbocycles. The van der Waals surface area contributed by atoms with Crippen LogP contribution < -0.4 is 10.1 Å². The van der Waals surface area contributed by atoms with Gasteiger partial charge < -0.3 is 19.7 Å². The summed E-state index contributed by atoms with van der Waals surface area (Å²) < 4.78 is 10.8. The average molecular weight is 418 g/mol. The van der Waals surface area contributed by atoms with Gasteiger partial charge in [0.1, 0.15) is 5.75 Å². The summed E-state index contributed by atoms with van der Waals surface area (Å²) in [5.74, 6) is 1.04. The summed E-state index contributed by atoms with van der Waals surface area (Å²) in [7, 11) is 1.68. The minimum atomic E-state index is -0.0997. The van der Waals surface area contributed by atoms with Crippen LogP contribution in [0.15, 0.2) is 24.3 Å². The molecule has 1 N–H and O–H groups in total. The molecule has 0 bridgehead atoms. The van der Waals surface area contributed by atoms with Gasteiger partial charge in [-0.2, -0.15) is 0 Å². The van der Waals surface area contributed by atoms with Crippen molar-refractivity contribution in [3.63, 3.8) is 0 Å². The molecule has 30 heavy (non-hydrogen) atoms. The van der Waals surface area contributed by atoms with E-state index in [1.807, 2.05) is 23.1 Å². The van der Waals surface area contributed by atoms with Crippen LogP contribution in [0.5, 0.6) is 5.75 Å². The molecule has 2 aliphatic heterocycles. The summed E-state index contributed by atoms with van der Waals surface area (Å²) in [6.45, 7) is 6.41. The zero-order chi connectivity index (χ0) is 21.2. The van der Waals surface area contributed by atoms with Crippen LogP contribution in [-0.4, -0.2) is 81.2 Å². The lowest BCUT2D eigenvalue weighted by Gasteiger charge is -2.33.